The highest BCUT2D eigenvalue weighted by atomic mass is 35.5. The molecule has 0 unspecified atom stereocenters. The maximum Gasteiger partial charge on any atom is 0.414 e. The Morgan fingerprint density at radius 3 is 2.47 bits per heavy atom. The molecule has 3 N–H and O–H groups in total. The number of carbonyl (C=O) groups is 3. The SMILES string of the molecule is CN1C(=O)OC2(CCN(CC[C@@](C)(C(=O)N[C@H](Cc3ccccc3)C(=O)NCCO)c3ccc(Cl)c(Cl)c3)CC2)c2cc(F)ccc21. The van der Waals surface area contributed by atoms with Crippen LogP contribution in [0.2, 0.25) is 10.0 Å². The number of rotatable bonds is 11. The number of likely N-dealkylation sites (tertiary alicyclic amines) is 1. The van der Waals surface area contributed by atoms with Gasteiger partial charge >= 0.3 is 6.09 Å². The van der Waals surface area contributed by atoms with Crippen LogP contribution in [0.1, 0.15) is 42.9 Å². The van der Waals surface area contributed by atoms with E-state index in [2.05, 4.69) is 15.5 Å². The number of nitrogens with one attached hydrogen (secondary N) is 2. The molecule has 1 fully saturated rings. The second-order valence-corrected chi connectivity index (χ2v) is 13.2. The number of fused-ring (bicyclic) bond motifs is 2. The standard InChI is InChI=1S/C35H39Cl2FN4O5/c1-34(24-8-10-27(36)28(37)21-24,32(45)40-29(31(44)39-15-19-43)20-23-6-4-3-5-7-23)12-16-42-17-13-35(14-18-42)26-22-25(38)9-11-30(26)41(2)33(46)47-35/h3-11,21-22,29,43H,12-20H2,1-2H3,(H,39,44)(H,40,45)/t29-,34-/m1/s1. The third-order valence-corrected chi connectivity index (χ3v) is 10.1. The molecule has 12 heteroatoms. The smallest absolute Gasteiger partial charge is 0.414 e. The van der Waals surface area contributed by atoms with Gasteiger partial charge in [0.05, 0.1) is 27.8 Å². The highest BCUT2D eigenvalue weighted by Crippen LogP contribution is 2.45. The van der Waals surface area contributed by atoms with Crippen molar-refractivity contribution in [3.05, 3.63) is 99.3 Å². The second-order valence-electron chi connectivity index (χ2n) is 12.4. The summed E-state index contributed by atoms with van der Waals surface area (Å²) in [7, 11) is 1.61. The van der Waals surface area contributed by atoms with Gasteiger partial charge in [-0.15, -0.1) is 0 Å². The van der Waals surface area contributed by atoms with E-state index in [1.54, 1.807) is 31.3 Å². The summed E-state index contributed by atoms with van der Waals surface area (Å²) in [5, 5.41) is 15.6. The van der Waals surface area contributed by atoms with Crippen molar-refractivity contribution in [3.63, 3.8) is 0 Å². The highest BCUT2D eigenvalue weighted by Gasteiger charge is 2.47. The van der Waals surface area contributed by atoms with E-state index in [-0.39, 0.29) is 25.5 Å². The van der Waals surface area contributed by atoms with E-state index in [0.717, 1.165) is 5.56 Å². The summed E-state index contributed by atoms with van der Waals surface area (Å²) >= 11 is 12.7. The number of halogens is 3. The number of aliphatic hydroxyl groups excluding tert-OH is 1. The number of piperidine rings is 1. The molecule has 9 nitrogen and oxygen atoms in total. The lowest BCUT2D eigenvalue weighted by Crippen LogP contribution is -2.54. The molecule has 47 heavy (non-hydrogen) atoms. The van der Waals surface area contributed by atoms with Crippen LogP contribution in [0.15, 0.2) is 66.7 Å². The van der Waals surface area contributed by atoms with Gasteiger partial charge in [0.1, 0.15) is 17.5 Å². The molecule has 5 rings (SSSR count). The maximum absolute atomic E-state index is 14.3. The maximum atomic E-state index is 14.3. The van der Waals surface area contributed by atoms with Crippen LogP contribution in [0.5, 0.6) is 0 Å². The first-order valence-electron chi connectivity index (χ1n) is 15.6. The van der Waals surface area contributed by atoms with Crippen molar-refractivity contribution in [2.75, 3.05) is 44.7 Å². The van der Waals surface area contributed by atoms with Crippen LogP contribution in [-0.4, -0.2) is 73.8 Å². The van der Waals surface area contributed by atoms with Crippen molar-refractivity contribution >= 4 is 46.8 Å². The Hall–Kier alpha value is -3.70. The molecule has 2 heterocycles. The van der Waals surface area contributed by atoms with E-state index in [1.807, 2.05) is 37.3 Å². The molecular formula is C35H39Cl2FN4O5. The quantitative estimate of drug-likeness (QED) is 0.256. The predicted molar refractivity (Wildman–Crippen MR) is 179 cm³/mol. The average molecular weight is 686 g/mol. The number of hydrogen-bond donors (Lipinski definition) is 3. The van der Waals surface area contributed by atoms with Gasteiger partial charge in [0, 0.05) is 51.5 Å². The molecule has 250 valence electrons. The number of anilines is 1. The van der Waals surface area contributed by atoms with Gasteiger partial charge in [0.25, 0.3) is 0 Å². The van der Waals surface area contributed by atoms with Crippen molar-refractivity contribution in [3.8, 4) is 0 Å². The summed E-state index contributed by atoms with van der Waals surface area (Å²) < 4.78 is 20.3. The molecule has 3 aromatic rings. The first kappa shape index (κ1) is 34.6. The Kier molecular flexibility index (Phi) is 10.8. The van der Waals surface area contributed by atoms with E-state index in [9.17, 15) is 23.9 Å². The number of carbonyl (C=O) groups excluding carboxylic acids is 3. The number of nitrogens with zero attached hydrogens (tertiary/aromatic N) is 2. The van der Waals surface area contributed by atoms with E-state index < -0.39 is 34.9 Å². The normalized spacial score (nSPS) is 17.7. The molecule has 0 aromatic heterocycles. The lowest BCUT2D eigenvalue weighted by molar-refractivity contribution is -0.132. The van der Waals surface area contributed by atoms with E-state index in [4.69, 9.17) is 27.9 Å². The minimum absolute atomic E-state index is 0.0587. The van der Waals surface area contributed by atoms with Crippen molar-refractivity contribution in [2.45, 2.75) is 49.7 Å². The number of ether oxygens (including phenoxy) is 1. The molecular weight excluding hydrogens is 646 g/mol. The van der Waals surface area contributed by atoms with Crippen LogP contribution in [0.3, 0.4) is 0 Å². The van der Waals surface area contributed by atoms with Gasteiger partial charge in [-0.05, 0) is 61.3 Å². The van der Waals surface area contributed by atoms with Gasteiger partial charge in [-0.1, -0.05) is 59.6 Å². The summed E-state index contributed by atoms with van der Waals surface area (Å²) in [6.07, 6.45) is 1.07. The van der Waals surface area contributed by atoms with Crippen LogP contribution in [0.25, 0.3) is 0 Å². The molecule has 0 radical (unpaired) electrons. The van der Waals surface area contributed by atoms with Crippen LogP contribution in [-0.2, 0) is 31.8 Å². The van der Waals surface area contributed by atoms with Gasteiger partial charge in [0.2, 0.25) is 11.8 Å². The molecule has 0 saturated carbocycles. The molecule has 0 aliphatic carbocycles. The summed E-state index contributed by atoms with van der Waals surface area (Å²) in [5.41, 5.74) is 0.739. The Bertz CT molecular complexity index is 1620. The molecule has 2 atom stereocenters. The first-order valence-corrected chi connectivity index (χ1v) is 16.4. The lowest BCUT2D eigenvalue weighted by atomic mass is 9.77. The monoisotopic (exact) mass is 684 g/mol. The van der Waals surface area contributed by atoms with Crippen LogP contribution < -0.4 is 15.5 Å². The zero-order valence-corrected chi connectivity index (χ0v) is 27.9. The van der Waals surface area contributed by atoms with Crippen LogP contribution in [0, 0.1) is 5.82 Å². The van der Waals surface area contributed by atoms with Gasteiger partial charge in [0.15, 0.2) is 0 Å². The molecule has 1 spiro atoms. The molecule has 0 bridgehead atoms. The summed E-state index contributed by atoms with van der Waals surface area (Å²) in [5.74, 6) is -1.16. The van der Waals surface area contributed by atoms with Gasteiger partial charge < -0.3 is 25.4 Å². The number of amides is 3. The van der Waals surface area contributed by atoms with Crippen LogP contribution >= 0.6 is 23.2 Å². The highest BCUT2D eigenvalue weighted by molar-refractivity contribution is 6.42. The predicted octanol–water partition coefficient (Wildman–Crippen LogP) is 5.19. The fourth-order valence-electron chi connectivity index (χ4n) is 6.35. The number of aliphatic hydroxyl groups is 1. The minimum Gasteiger partial charge on any atom is -0.437 e. The average Bonchev–Trinajstić information content (AvgIpc) is 3.07. The molecule has 3 amide bonds. The van der Waals surface area contributed by atoms with E-state index >= 15 is 0 Å². The topological polar surface area (TPSA) is 111 Å². The van der Waals surface area contributed by atoms with Gasteiger partial charge in [-0.25, -0.2) is 9.18 Å². The third kappa shape index (κ3) is 7.56. The molecule has 2 aliphatic heterocycles. The minimum atomic E-state index is -1.12. The summed E-state index contributed by atoms with van der Waals surface area (Å²) in [6, 6.07) is 18.0. The fraction of sp³-hybridized carbons (Fsp3) is 0.400. The lowest BCUT2D eigenvalue weighted by Gasteiger charge is -2.46. The molecule has 2 aliphatic rings. The van der Waals surface area contributed by atoms with Crippen molar-refractivity contribution < 1.29 is 28.6 Å². The van der Waals surface area contributed by atoms with Crippen molar-refractivity contribution in [1.29, 1.82) is 0 Å². The number of benzene rings is 3. The zero-order valence-electron chi connectivity index (χ0n) is 26.4. The van der Waals surface area contributed by atoms with Gasteiger partial charge in [-0.3, -0.25) is 14.5 Å². The third-order valence-electron chi connectivity index (χ3n) is 9.33. The van der Waals surface area contributed by atoms with Gasteiger partial charge in [-0.2, -0.15) is 0 Å². The van der Waals surface area contributed by atoms with Crippen molar-refractivity contribution in [2.24, 2.45) is 0 Å². The fourth-order valence-corrected chi connectivity index (χ4v) is 6.65. The Morgan fingerprint density at radius 1 is 1.06 bits per heavy atom. The Morgan fingerprint density at radius 2 is 1.79 bits per heavy atom. The van der Waals surface area contributed by atoms with E-state index in [1.165, 1.54) is 17.0 Å². The second kappa shape index (κ2) is 14.6. The summed E-state index contributed by atoms with van der Waals surface area (Å²) in [6.45, 7) is 3.24. The van der Waals surface area contributed by atoms with Crippen LogP contribution in [0.4, 0.5) is 14.9 Å². The van der Waals surface area contributed by atoms with Crippen molar-refractivity contribution in [1.82, 2.24) is 15.5 Å². The largest absolute Gasteiger partial charge is 0.437 e. The molecule has 1 saturated heterocycles. The Balaban J connectivity index is 1.35. The first-order chi connectivity index (χ1) is 22.5. The zero-order chi connectivity index (χ0) is 33.8. The molecule has 3 aromatic carbocycles. The van der Waals surface area contributed by atoms with E-state index in [0.29, 0.717) is 65.8 Å². The number of hydrogen-bond acceptors (Lipinski definition) is 6. The summed E-state index contributed by atoms with van der Waals surface area (Å²) in [4.78, 5) is 43.7. The Labute approximate surface area is 284 Å².